The van der Waals surface area contributed by atoms with E-state index in [-0.39, 0.29) is 12.6 Å². The van der Waals surface area contributed by atoms with Crippen molar-refractivity contribution in [1.29, 1.82) is 0 Å². The molecule has 0 bridgehead atoms. The van der Waals surface area contributed by atoms with Gasteiger partial charge in [-0.1, -0.05) is 23.3 Å². The molecular formula is C19H19N3O4S. The van der Waals surface area contributed by atoms with Crippen LogP contribution in [0.5, 0.6) is 11.5 Å². The van der Waals surface area contributed by atoms with Gasteiger partial charge in [-0.05, 0) is 36.1 Å². The molecule has 0 aliphatic heterocycles. The monoisotopic (exact) mass is 385 g/mol. The maximum Gasteiger partial charge on any atom is 0.322 e. The van der Waals surface area contributed by atoms with E-state index in [0.29, 0.717) is 23.8 Å². The standard InChI is InChI=1S/C19H19N3O4S/c1-24-14-4-3-5-15(11-14)25-12-17(23)20-19-22-21-18(26-19)10-13-6-8-16(27-2)9-7-13/h3-9,11H,10,12H2,1-2H3,(H,20,22,23). The van der Waals surface area contributed by atoms with E-state index in [0.717, 1.165) is 5.56 Å². The van der Waals surface area contributed by atoms with Crippen LogP contribution in [0.3, 0.4) is 0 Å². The molecule has 27 heavy (non-hydrogen) atoms. The van der Waals surface area contributed by atoms with E-state index >= 15 is 0 Å². The van der Waals surface area contributed by atoms with E-state index in [2.05, 4.69) is 15.5 Å². The summed E-state index contributed by atoms with van der Waals surface area (Å²) in [5, 5.41) is 10.3. The van der Waals surface area contributed by atoms with Gasteiger partial charge in [-0.25, -0.2) is 0 Å². The summed E-state index contributed by atoms with van der Waals surface area (Å²) >= 11 is 1.68. The molecule has 0 spiro atoms. The normalized spacial score (nSPS) is 10.4. The molecule has 0 aliphatic rings. The number of aromatic nitrogens is 2. The fraction of sp³-hybridized carbons (Fsp3) is 0.211. The number of hydrogen-bond acceptors (Lipinski definition) is 7. The molecule has 1 amide bonds. The van der Waals surface area contributed by atoms with Gasteiger partial charge >= 0.3 is 6.01 Å². The van der Waals surface area contributed by atoms with Crippen LogP contribution in [0, 0.1) is 0 Å². The predicted octanol–water partition coefficient (Wildman–Crippen LogP) is 3.41. The number of benzene rings is 2. The van der Waals surface area contributed by atoms with E-state index < -0.39 is 5.91 Å². The molecule has 140 valence electrons. The van der Waals surface area contributed by atoms with E-state index in [1.807, 2.05) is 30.5 Å². The van der Waals surface area contributed by atoms with Gasteiger partial charge in [-0.15, -0.1) is 16.9 Å². The lowest BCUT2D eigenvalue weighted by atomic mass is 10.1. The first-order valence-corrected chi connectivity index (χ1v) is 9.41. The van der Waals surface area contributed by atoms with Crippen LogP contribution < -0.4 is 14.8 Å². The first-order chi connectivity index (χ1) is 13.2. The van der Waals surface area contributed by atoms with Crippen molar-refractivity contribution in [3.63, 3.8) is 0 Å². The van der Waals surface area contributed by atoms with Gasteiger partial charge in [-0.3, -0.25) is 10.1 Å². The zero-order chi connectivity index (χ0) is 19.1. The Balaban J connectivity index is 1.51. The second-order valence-electron chi connectivity index (χ2n) is 5.54. The Morgan fingerprint density at radius 2 is 1.93 bits per heavy atom. The van der Waals surface area contributed by atoms with Crippen molar-refractivity contribution in [1.82, 2.24) is 10.2 Å². The van der Waals surface area contributed by atoms with Crippen LogP contribution in [0.2, 0.25) is 0 Å². The Morgan fingerprint density at radius 3 is 2.67 bits per heavy atom. The molecular weight excluding hydrogens is 366 g/mol. The van der Waals surface area contributed by atoms with Crippen LogP contribution in [0.4, 0.5) is 6.01 Å². The third-order valence-corrected chi connectivity index (χ3v) is 4.38. The number of hydrogen-bond donors (Lipinski definition) is 1. The minimum absolute atomic E-state index is 0.0463. The fourth-order valence-electron chi connectivity index (χ4n) is 2.29. The van der Waals surface area contributed by atoms with E-state index in [9.17, 15) is 4.79 Å². The summed E-state index contributed by atoms with van der Waals surface area (Å²) in [6.07, 6.45) is 2.53. The van der Waals surface area contributed by atoms with Crippen LogP contribution >= 0.6 is 11.8 Å². The Morgan fingerprint density at radius 1 is 1.15 bits per heavy atom. The first-order valence-electron chi connectivity index (χ1n) is 8.18. The van der Waals surface area contributed by atoms with Crippen molar-refractivity contribution in [2.75, 3.05) is 25.3 Å². The molecule has 0 unspecified atom stereocenters. The van der Waals surface area contributed by atoms with Crippen molar-refractivity contribution < 1.29 is 18.7 Å². The lowest BCUT2D eigenvalue weighted by Crippen LogP contribution is -2.20. The quantitative estimate of drug-likeness (QED) is 0.595. The van der Waals surface area contributed by atoms with Gasteiger partial charge in [0.25, 0.3) is 5.91 Å². The summed E-state index contributed by atoms with van der Waals surface area (Å²) in [6.45, 7) is -0.180. The zero-order valence-corrected chi connectivity index (χ0v) is 15.8. The van der Waals surface area contributed by atoms with Crippen molar-refractivity contribution in [3.05, 3.63) is 60.0 Å². The maximum absolute atomic E-state index is 12.0. The molecule has 1 aromatic heterocycles. The van der Waals surface area contributed by atoms with Crippen LogP contribution in [-0.2, 0) is 11.2 Å². The molecule has 0 atom stereocenters. The van der Waals surface area contributed by atoms with Crippen LogP contribution in [0.15, 0.2) is 57.8 Å². The Labute approximate surface area is 161 Å². The van der Waals surface area contributed by atoms with E-state index in [4.69, 9.17) is 13.9 Å². The molecule has 1 N–H and O–H groups in total. The average Bonchev–Trinajstić information content (AvgIpc) is 3.13. The second kappa shape index (κ2) is 9.09. The van der Waals surface area contributed by atoms with Gasteiger partial charge in [0.2, 0.25) is 5.89 Å². The van der Waals surface area contributed by atoms with E-state index in [1.54, 1.807) is 43.1 Å². The molecule has 2 aromatic carbocycles. The highest BCUT2D eigenvalue weighted by Crippen LogP contribution is 2.19. The van der Waals surface area contributed by atoms with Gasteiger partial charge in [0.15, 0.2) is 6.61 Å². The van der Waals surface area contributed by atoms with Gasteiger partial charge in [0, 0.05) is 11.0 Å². The highest BCUT2D eigenvalue weighted by molar-refractivity contribution is 7.98. The molecule has 3 rings (SSSR count). The summed E-state index contributed by atoms with van der Waals surface area (Å²) in [7, 11) is 1.57. The fourth-order valence-corrected chi connectivity index (χ4v) is 2.70. The molecule has 0 radical (unpaired) electrons. The average molecular weight is 385 g/mol. The number of carbonyl (C=O) groups is 1. The summed E-state index contributed by atoms with van der Waals surface area (Å²) in [5.41, 5.74) is 1.05. The number of amides is 1. The topological polar surface area (TPSA) is 86.5 Å². The van der Waals surface area contributed by atoms with Gasteiger partial charge in [0.1, 0.15) is 11.5 Å². The maximum atomic E-state index is 12.0. The van der Waals surface area contributed by atoms with Crippen LogP contribution in [-0.4, -0.2) is 36.1 Å². The largest absolute Gasteiger partial charge is 0.497 e. The molecule has 0 aliphatic carbocycles. The minimum Gasteiger partial charge on any atom is -0.497 e. The SMILES string of the molecule is COc1cccc(OCC(=O)Nc2nnc(Cc3ccc(SC)cc3)o2)c1. The van der Waals surface area contributed by atoms with Crippen molar-refractivity contribution in [2.24, 2.45) is 0 Å². The molecule has 0 saturated carbocycles. The van der Waals surface area contributed by atoms with Crippen molar-refractivity contribution in [2.45, 2.75) is 11.3 Å². The molecule has 7 nitrogen and oxygen atoms in total. The molecule has 3 aromatic rings. The summed E-state index contributed by atoms with van der Waals surface area (Å²) in [4.78, 5) is 13.2. The molecule has 0 saturated heterocycles. The van der Waals surface area contributed by atoms with Gasteiger partial charge < -0.3 is 13.9 Å². The lowest BCUT2D eigenvalue weighted by molar-refractivity contribution is -0.118. The van der Waals surface area contributed by atoms with Gasteiger partial charge in [0.05, 0.1) is 13.5 Å². The van der Waals surface area contributed by atoms with E-state index in [1.165, 1.54) is 4.90 Å². The smallest absolute Gasteiger partial charge is 0.322 e. The predicted molar refractivity (Wildman–Crippen MR) is 102 cm³/mol. The lowest BCUT2D eigenvalue weighted by Gasteiger charge is -2.06. The first kappa shape index (κ1) is 18.8. The molecule has 0 fully saturated rings. The number of rotatable bonds is 8. The third-order valence-electron chi connectivity index (χ3n) is 3.64. The number of nitrogens with one attached hydrogen (secondary N) is 1. The summed E-state index contributed by atoms with van der Waals surface area (Å²) in [6, 6.07) is 15.1. The van der Waals surface area contributed by atoms with Crippen LogP contribution in [0.25, 0.3) is 0 Å². The highest BCUT2D eigenvalue weighted by Gasteiger charge is 2.11. The van der Waals surface area contributed by atoms with Crippen LogP contribution in [0.1, 0.15) is 11.5 Å². The minimum atomic E-state index is -0.391. The Kier molecular flexibility index (Phi) is 6.32. The Bertz CT molecular complexity index is 896. The number of methoxy groups -OCH3 is 1. The molecule has 8 heteroatoms. The van der Waals surface area contributed by atoms with Crippen molar-refractivity contribution >= 4 is 23.7 Å². The zero-order valence-electron chi connectivity index (χ0n) is 15.0. The third kappa shape index (κ3) is 5.49. The Hall–Kier alpha value is -3.00. The number of anilines is 1. The number of thioether (sulfide) groups is 1. The summed E-state index contributed by atoms with van der Waals surface area (Å²) in [5.74, 6) is 1.22. The highest BCUT2D eigenvalue weighted by atomic mass is 32.2. The number of carbonyl (C=O) groups excluding carboxylic acids is 1. The molecule has 1 heterocycles. The van der Waals surface area contributed by atoms with Crippen molar-refractivity contribution in [3.8, 4) is 11.5 Å². The number of ether oxygens (including phenoxy) is 2. The summed E-state index contributed by atoms with van der Waals surface area (Å²) < 4.78 is 16.0. The second-order valence-corrected chi connectivity index (χ2v) is 6.42. The van der Waals surface area contributed by atoms with Gasteiger partial charge in [-0.2, -0.15) is 0 Å². The number of nitrogens with zero attached hydrogens (tertiary/aromatic N) is 2.